The molecule has 0 aliphatic heterocycles. The fraction of sp³-hybridized carbons (Fsp3) is 0.115. The summed E-state index contributed by atoms with van der Waals surface area (Å²) in [7, 11) is 0. The lowest BCUT2D eigenvalue weighted by Gasteiger charge is -2.24. The van der Waals surface area contributed by atoms with E-state index in [1.807, 2.05) is 0 Å². The van der Waals surface area contributed by atoms with Crippen molar-refractivity contribution in [2.75, 3.05) is 6.54 Å². The predicted octanol–water partition coefficient (Wildman–Crippen LogP) is 2.03. The van der Waals surface area contributed by atoms with Gasteiger partial charge in [0, 0.05) is 24.6 Å². The van der Waals surface area contributed by atoms with Crippen molar-refractivity contribution in [1.82, 2.24) is 5.32 Å². The third-order valence-electron chi connectivity index (χ3n) is 6.08. The summed E-state index contributed by atoms with van der Waals surface area (Å²) in [5, 5.41) is 64.4. The molecule has 0 unspecified atom stereocenters. The zero-order valence-corrected chi connectivity index (χ0v) is 19.5. The minimum Gasteiger partial charge on any atom is -0.507 e. The van der Waals surface area contributed by atoms with Gasteiger partial charge in [-0.25, -0.2) is 9.59 Å². The third kappa shape index (κ3) is 3.93. The number of carbonyl (C=O) groups excluding carboxylic acids is 3. The summed E-state index contributed by atoms with van der Waals surface area (Å²) in [6, 6.07) is 6.72. The number of ketones is 2. The number of aromatic carboxylic acids is 2. The zero-order chi connectivity index (χ0) is 28.0. The van der Waals surface area contributed by atoms with Crippen molar-refractivity contribution in [3.05, 3.63) is 69.3 Å². The van der Waals surface area contributed by atoms with Gasteiger partial charge in [0.1, 0.15) is 17.1 Å². The maximum absolute atomic E-state index is 13.5. The second kappa shape index (κ2) is 9.24. The van der Waals surface area contributed by atoms with Crippen LogP contribution >= 0.6 is 0 Å². The van der Waals surface area contributed by atoms with Gasteiger partial charge in [0.2, 0.25) is 5.91 Å². The van der Waals surface area contributed by atoms with Crippen LogP contribution in [0.2, 0.25) is 0 Å². The lowest BCUT2D eigenvalue weighted by Crippen LogP contribution is -2.26. The van der Waals surface area contributed by atoms with E-state index in [2.05, 4.69) is 5.32 Å². The molecule has 12 heteroatoms. The molecule has 194 valence electrons. The van der Waals surface area contributed by atoms with Crippen LogP contribution in [0, 0.1) is 0 Å². The van der Waals surface area contributed by atoms with Gasteiger partial charge in [-0.05, 0) is 23.6 Å². The van der Waals surface area contributed by atoms with Crippen LogP contribution in [0.3, 0.4) is 0 Å². The molecule has 0 fully saturated rings. The molecule has 1 amide bonds. The Morgan fingerprint density at radius 2 is 1.37 bits per heavy atom. The summed E-state index contributed by atoms with van der Waals surface area (Å²) in [6.45, 7) is 1.61. The van der Waals surface area contributed by atoms with Crippen LogP contribution in [0.25, 0.3) is 11.1 Å². The number of aromatic hydroxyl groups is 4. The Balaban J connectivity index is 1.97. The van der Waals surface area contributed by atoms with Crippen molar-refractivity contribution < 1.29 is 54.6 Å². The van der Waals surface area contributed by atoms with E-state index in [4.69, 9.17) is 0 Å². The fourth-order valence-corrected chi connectivity index (χ4v) is 4.47. The summed E-state index contributed by atoms with van der Waals surface area (Å²) in [4.78, 5) is 61.5. The van der Waals surface area contributed by atoms with E-state index in [1.54, 1.807) is 12.1 Å². The van der Waals surface area contributed by atoms with Gasteiger partial charge in [0.05, 0.1) is 22.3 Å². The summed E-state index contributed by atoms with van der Waals surface area (Å²) in [5.41, 5.74) is -5.34. The first kappa shape index (κ1) is 25.7. The molecule has 0 atom stereocenters. The second-order valence-electron chi connectivity index (χ2n) is 8.44. The van der Waals surface area contributed by atoms with E-state index in [-0.39, 0.29) is 18.0 Å². The first-order valence-corrected chi connectivity index (χ1v) is 11.0. The molecule has 0 saturated heterocycles. The highest BCUT2D eigenvalue weighted by molar-refractivity contribution is 6.34. The summed E-state index contributed by atoms with van der Waals surface area (Å²) < 4.78 is 0. The molecule has 0 bridgehead atoms. The second-order valence-corrected chi connectivity index (χ2v) is 8.44. The number of phenolic OH excluding ortho intramolecular Hbond substituents is 3. The predicted molar refractivity (Wildman–Crippen MR) is 128 cm³/mol. The van der Waals surface area contributed by atoms with Crippen molar-refractivity contribution >= 4 is 29.4 Å². The Morgan fingerprint density at radius 3 is 1.97 bits per heavy atom. The normalized spacial score (nSPS) is 12.0. The van der Waals surface area contributed by atoms with Gasteiger partial charge in [-0.15, -0.1) is 0 Å². The smallest absolute Gasteiger partial charge is 0.340 e. The van der Waals surface area contributed by atoms with Crippen LogP contribution in [0.5, 0.6) is 23.0 Å². The number of carboxylic acids is 2. The average Bonchev–Trinajstić information content (AvgIpc) is 2.83. The minimum absolute atomic E-state index is 0.111. The summed E-state index contributed by atoms with van der Waals surface area (Å²) >= 11 is 0. The Labute approximate surface area is 213 Å². The van der Waals surface area contributed by atoms with Crippen molar-refractivity contribution in [2.45, 2.75) is 13.3 Å². The maximum atomic E-state index is 13.5. The topological polar surface area (TPSA) is 219 Å². The number of hydrogen-bond acceptors (Lipinski definition) is 9. The molecule has 0 saturated carbocycles. The largest absolute Gasteiger partial charge is 0.507 e. The molecule has 0 heterocycles. The monoisotopic (exact) mass is 521 g/mol. The maximum Gasteiger partial charge on any atom is 0.340 e. The number of hydrogen-bond donors (Lipinski definition) is 7. The Morgan fingerprint density at radius 1 is 0.763 bits per heavy atom. The van der Waals surface area contributed by atoms with Crippen LogP contribution in [0.4, 0.5) is 0 Å². The molecule has 0 radical (unpaired) electrons. The lowest BCUT2D eigenvalue weighted by atomic mass is 9.77. The number of rotatable bonds is 6. The molecule has 4 rings (SSSR count). The fourth-order valence-electron chi connectivity index (χ4n) is 4.47. The molecule has 0 aromatic heterocycles. The third-order valence-corrected chi connectivity index (χ3v) is 6.08. The number of benzene rings is 3. The standard InChI is InChI=1S/C26H19NO11/c1-9(28)27-6-5-10-3-2-4-11(7-10)14-21(31)19-18(24(34)23(14)33)20(30)12-8-13(29)16(25(35)36)17(26(37)38)15(12)22(19)32/h2-4,7-8,29,31,33-34H,5-6H2,1H3,(H,27,28)(H,35,36)(H,37,38). The van der Waals surface area contributed by atoms with Gasteiger partial charge in [-0.1, -0.05) is 24.3 Å². The lowest BCUT2D eigenvalue weighted by molar-refractivity contribution is -0.118. The number of amides is 1. The number of fused-ring (bicyclic) bond motifs is 2. The van der Waals surface area contributed by atoms with Gasteiger partial charge in [-0.3, -0.25) is 14.4 Å². The first-order valence-electron chi connectivity index (χ1n) is 11.0. The van der Waals surface area contributed by atoms with Crippen LogP contribution in [-0.4, -0.2) is 66.6 Å². The molecule has 0 spiro atoms. The molecular formula is C26H19NO11. The summed E-state index contributed by atoms with van der Waals surface area (Å²) in [6.07, 6.45) is 0.347. The van der Waals surface area contributed by atoms with Gasteiger partial charge in [0.15, 0.2) is 23.1 Å². The first-order chi connectivity index (χ1) is 17.9. The zero-order valence-electron chi connectivity index (χ0n) is 19.5. The van der Waals surface area contributed by atoms with E-state index >= 15 is 0 Å². The molecule has 7 N–H and O–H groups in total. The van der Waals surface area contributed by atoms with E-state index in [0.717, 1.165) is 0 Å². The van der Waals surface area contributed by atoms with E-state index in [9.17, 15) is 54.6 Å². The van der Waals surface area contributed by atoms with Crippen LogP contribution in [0.1, 0.15) is 65.0 Å². The average molecular weight is 521 g/mol. The molecule has 3 aromatic carbocycles. The molecule has 1 aliphatic carbocycles. The van der Waals surface area contributed by atoms with Gasteiger partial charge >= 0.3 is 11.9 Å². The van der Waals surface area contributed by atoms with Crippen molar-refractivity contribution in [2.24, 2.45) is 0 Å². The van der Waals surface area contributed by atoms with E-state index in [1.165, 1.54) is 19.1 Å². The van der Waals surface area contributed by atoms with Crippen molar-refractivity contribution in [3.63, 3.8) is 0 Å². The highest BCUT2D eigenvalue weighted by Gasteiger charge is 2.42. The van der Waals surface area contributed by atoms with Crippen molar-refractivity contribution in [3.8, 4) is 34.1 Å². The van der Waals surface area contributed by atoms with Crippen LogP contribution < -0.4 is 5.32 Å². The quantitative estimate of drug-likeness (QED) is 0.144. The SMILES string of the molecule is CC(=O)NCCc1cccc(-c2c(O)c(O)c3c(c2O)C(=O)c2c(cc(O)c(C(=O)O)c2C(=O)O)C3=O)c1. The minimum atomic E-state index is -1.94. The highest BCUT2D eigenvalue weighted by Crippen LogP contribution is 2.51. The number of carboxylic acid groups (broad SMARTS) is 2. The van der Waals surface area contributed by atoms with Crippen molar-refractivity contribution in [1.29, 1.82) is 0 Å². The highest BCUT2D eigenvalue weighted by atomic mass is 16.4. The van der Waals surface area contributed by atoms with E-state index in [0.29, 0.717) is 18.1 Å². The van der Waals surface area contributed by atoms with Gasteiger partial charge in [-0.2, -0.15) is 0 Å². The number of carbonyl (C=O) groups is 5. The van der Waals surface area contributed by atoms with Crippen LogP contribution in [0.15, 0.2) is 30.3 Å². The molecule has 3 aromatic rings. The molecule has 1 aliphatic rings. The Bertz CT molecular complexity index is 1600. The number of nitrogens with one attached hydrogen (secondary N) is 1. The van der Waals surface area contributed by atoms with Crippen LogP contribution in [-0.2, 0) is 11.2 Å². The van der Waals surface area contributed by atoms with Gasteiger partial charge < -0.3 is 36.0 Å². The Hall–Kier alpha value is -5.39. The molecule has 12 nitrogen and oxygen atoms in total. The Kier molecular flexibility index (Phi) is 6.25. The van der Waals surface area contributed by atoms with Gasteiger partial charge in [0.25, 0.3) is 0 Å². The summed E-state index contributed by atoms with van der Waals surface area (Å²) in [5.74, 6) is -10.7. The molecular weight excluding hydrogens is 502 g/mol. The number of phenols is 4. The van der Waals surface area contributed by atoms with E-state index < -0.39 is 85.4 Å². The molecule has 38 heavy (non-hydrogen) atoms.